The standard InChI is InChI=1S/C15H24F3N5/c1-10(2)11-9-22(5)6-7-23(11)14-19-12(15(16,17)18)8-13(20-14)21(3)4/h8,10-11H,6-7,9H2,1-5H3. The maximum Gasteiger partial charge on any atom is 0.433 e. The first-order chi connectivity index (χ1) is 10.6. The van der Waals surface area contributed by atoms with Gasteiger partial charge in [0.25, 0.3) is 0 Å². The fraction of sp³-hybridized carbons (Fsp3) is 0.733. The molecule has 1 aliphatic rings. The van der Waals surface area contributed by atoms with Crippen LogP contribution in [0.1, 0.15) is 19.5 Å². The van der Waals surface area contributed by atoms with Crippen LogP contribution in [0.4, 0.5) is 24.9 Å². The van der Waals surface area contributed by atoms with Crippen molar-refractivity contribution < 1.29 is 13.2 Å². The Labute approximate surface area is 135 Å². The van der Waals surface area contributed by atoms with Crippen LogP contribution in [0.2, 0.25) is 0 Å². The van der Waals surface area contributed by atoms with Gasteiger partial charge in [0.15, 0.2) is 5.69 Å². The minimum atomic E-state index is -4.48. The number of aromatic nitrogens is 2. The van der Waals surface area contributed by atoms with Crippen molar-refractivity contribution in [3.05, 3.63) is 11.8 Å². The summed E-state index contributed by atoms with van der Waals surface area (Å²) in [5.74, 6) is 0.720. The van der Waals surface area contributed by atoms with Gasteiger partial charge in [-0.2, -0.15) is 18.2 Å². The van der Waals surface area contributed by atoms with Crippen LogP contribution in [0.25, 0.3) is 0 Å². The van der Waals surface area contributed by atoms with Crippen LogP contribution in [0.3, 0.4) is 0 Å². The molecule has 1 atom stereocenters. The molecule has 0 bridgehead atoms. The largest absolute Gasteiger partial charge is 0.433 e. The monoisotopic (exact) mass is 331 g/mol. The van der Waals surface area contributed by atoms with Gasteiger partial charge in [0.1, 0.15) is 5.82 Å². The van der Waals surface area contributed by atoms with Gasteiger partial charge in [-0.25, -0.2) is 4.98 Å². The van der Waals surface area contributed by atoms with E-state index in [0.717, 1.165) is 19.2 Å². The molecule has 0 amide bonds. The highest BCUT2D eigenvalue weighted by Gasteiger charge is 2.36. The highest BCUT2D eigenvalue weighted by molar-refractivity contribution is 5.46. The Bertz CT molecular complexity index is 544. The quantitative estimate of drug-likeness (QED) is 0.849. The Morgan fingerprint density at radius 2 is 1.87 bits per heavy atom. The van der Waals surface area contributed by atoms with Crippen molar-refractivity contribution in [3.8, 4) is 0 Å². The molecule has 8 heteroatoms. The topological polar surface area (TPSA) is 35.5 Å². The first kappa shape index (κ1) is 17.8. The number of hydrogen-bond donors (Lipinski definition) is 0. The van der Waals surface area contributed by atoms with Crippen LogP contribution in [-0.4, -0.2) is 61.7 Å². The molecule has 1 aliphatic heterocycles. The summed E-state index contributed by atoms with van der Waals surface area (Å²) in [6.45, 7) is 6.32. The number of likely N-dealkylation sites (N-methyl/N-ethyl adjacent to an activating group) is 1. The molecule has 0 radical (unpaired) electrons. The van der Waals surface area contributed by atoms with Crippen molar-refractivity contribution in [1.82, 2.24) is 14.9 Å². The highest BCUT2D eigenvalue weighted by atomic mass is 19.4. The zero-order valence-corrected chi connectivity index (χ0v) is 14.2. The summed E-state index contributed by atoms with van der Waals surface area (Å²) in [5, 5.41) is 0. The highest BCUT2D eigenvalue weighted by Crippen LogP contribution is 2.32. The minimum absolute atomic E-state index is 0.0900. The second-order valence-corrected chi connectivity index (χ2v) is 6.57. The van der Waals surface area contributed by atoms with Gasteiger partial charge < -0.3 is 14.7 Å². The Hall–Kier alpha value is -1.57. The first-order valence-electron chi connectivity index (χ1n) is 7.68. The summed E-state index contributed by atoms with van der Waals surface area (Å²) in [5.41, 5.74) is -0.896. The molecule has 5 nitrogen and oxygen atoms in total. The van der Waals surface area contributed by atoms with E-state index < -0.39 is 11.9 Å². The van der Waals surface area contributed by atoms with Crippen molar-refractivity contribution in [1.29, 1.82) is 0 Å². The first-order valence-corrected chi connectivity index (χ1v) is 7.68. The predicted octanol–water partition coefficient (Wildman–Crippen LogP) is 2.34. The van der Waals surface area contributed by atoms with Crippen LogP contribution < -0.4 is 9.80 Å². The molecule has 0 aromatic carbocycles. The van der Waals surface area contributed by atoms with E-state index in [1.165, 1.54) is 0 Å². The second kappa shape index (κ2) is 6.51. The number of hydrogen-bond acceptors (Lipinski definition) is 5. The molecule has 0 saturated carbocycles. The maximum atomic E-state index is 13.2. The van der Waals surface area contributed by atoms with Gasteiger partial charge in [-0.05, 0) is 13.0 Å². The summed E-state index contributed by atoms with van der Waals surface area (Å²) in [7, 11) is 5.37. The molecule has 1 aromatic rings. The number of nitrogens with zero attached hydrogens (tertiary/aromatic N) is 5. The van der Waals surface area contributed by atoms with Crippen molar-refractivity contribution in [2.75, 3.05) is 50.6 Å². The van der Waals surface area contributed by atoms with Gasteiger partial charge in [0.05, 0.1) is 0 Å². The number of piperazine rings is 1. The Balaban J connectivity index is 2.46. The third-order valence-electron chi connectivity index (χ3n) is 4.10. The molecule has 2 heterocycles. The van der Waals surface area contributed by atoms with E-state index in [9.17, 15) is 13.2 Å². The smallest absolute Gasteiger partial charge is 0.363 e. The van der Waals surface area contributed by atoms with Gasteiger partial charge in [0.2, 0.25) is 5.95 Å². The summed E-state index contributed by atoms with van der Waals surface area (Å²) < 4.78 is 39.5. The zero-order chi connectivity index (χ0) is 17.4. The van der Waals surface area contributed by atoms with Crippen molar-refractivity contribution in [2.24, 2.45) is 5.92 Å². The predicted molar refractivity (Wildman–Crippen MR) is 84.8 cm³/mol. The lowest BCUT2D eigenvalue weighted by atomic mass is 10.0. The summed E-state index contributed by atoms with van der Waals surface area (Å²) in [4.78, 5) is 13.8. The lowest BCUT2D eigenvalue weighted by Gasteiger charge is -2.42. The van der Waals surface area contributed by atoms with Gasteiger partial charge in [-0.15, -0.1) is 0 Å². The lowest BCUT2D eigenvalue weighted by Crippen LogP contribution is -2.54. The fourth-order valence-corrected chi connectivity index (χ4v) is 2.70. The molecule has 130 valence electrons. The molecule has 1 fully saturated rings. The van der Waals surface area contributed by atoms with E-state index >= 15 is 0 Å². The molecule has 0 N–H and O–H groups in total. The average molecular weight is 331 g/mol. The van der Waals surface area contributed by atoms with E-state index in [0.29, 0.717) is 12.5 Å². The average Bonchev–Trinajstić information content (AvgIpc) is 2.45. The molecule has 1 aromatic heterocycles. The van der Waals surface area contributed by atoms with Crippen LogP contribution >= 0.6 is 0 Å². The second-order valence-electron chi connectivity index (χ2n) is 6.57. The fourth-order valence-electron chi connectivity index (χ4n) is 2.70. The molecule has 2 rings (SSSR count). The molecule has 23 heavy (non-hydrogen) atoms. The van der Waals surface area contributed by atoms with E-state index in [1.807, 2.05) is 11.9 Å². The van der Waals surface area contributed by atoms with Gasteiger partial charge >= 0.3 is 6.18 Å². The molecule has 0 spiro atoms. The van der Waals surface area contributed by atoms with Gasteiger partial charge in [-0.3, -0.25) is 0 Å². The molecule has 0 aliphatic carbocycles. The zero-order valence-electron chi connectivity index (χ0n) is 14.2. The van der Waals surface area contributed by atoms with E-state index in [2.05, 4.69) is 28.7 Å². The molecular formula is C15H24F3N5. The maximum absolute atomic E-state index is 13.2. The number of anilines is 2. The molecule has 1 unspecified atom stereocenters. The van der Waals surface area contributed by atoms with Crippen LogP contribution in [0, 0.1) is 5.92 Å². The third kappa shape index (κ3) is 4.04. The third-order valence-corrected chi connectivity index (χ3v) is 4.10. The minimum Gasteiger partial charge on any atom is -0.363 e. The van der Waals surface area contributed by atoms with Crippen LogP contribution in [0.15, 0.2) is 6.07 Å². The lowest BCUT2D eigenvalue weighted by molar-refractivity contribution is -0.141. The summed E-state index contributed by atoms with van der Waals surface area (Å²) in [6.07, 6.45) is -4.48. The number of alkyl halides is 3. The molecular weight excluding hydrogens is 307 g/mol. The Morgan fingerprint density at radius 1 is 1.22 bits per heavy atom. The normalized spacial score (nSPS) is 20.2. The SMILES string of the molecule is CC(C)C1CN(C)CCN1c1nc(N(C)C)cc(C(F)(F)F)n1. The van der Waals surface area contributed by atoms with Crippen LogP contribution in [0.5, 0.6) is 0 Å². The van der Waals surface area contributed by atoms with Gasteiger partial charge in [-0.1, -0.05) is 13.8 Å². The van der Waals surface area contributed by atoms with Crippen molar-refractivity contribution in [3.63, 3.8) is 0 Å². The Morgan fingerprint density at radius 3 is 2.39 bits per heavy atom. The van der Waals surface area contributed by atoms with E-state index in [-0.39, 0.29) is 17.8 Å². The summed E-state index contributed by atoms with van der Waals surface area (Å²) in [6, 6.07) is 1.08. The van der Waals surface area contributed by atoms with Gasteiger partial charge in [0, 0.05) is 45.8 Å². The molecule has 1 saturated heterocycles. The van der Waals surface area contributed by atoms with E-state index in [1.54, 1.807) is 19.0 Å². The van der Waals surface area contributed by atoms with Crippen molar-refractivity contribution >= 4 is 11.8 Å². The van der Waals surface area contributed by atoms with E-state index in [4.69, 9.17) is 0 Å². The number of halogens is 3. The summed E-state index contributed by atoms with van der Waals surface area (Å²) >= 11 is 0. The number of rotatable bonds is 3. The van der Waals surface area contributed by atoms with Crippen molar-refractivity contribution in [2.45, 2.75) is 26.1 Å². The van der Waals surface area contributed by atoms with Crippen LogP contribution in [-0.2, 0) is 6.18 Å². The Kier molecular flexibility index (Phi) is 5.03.